The van der Waals surface area contributed by atoms with E-state index in [4.69, 9.17) is 4.74 Å². The van der Waals surface area contributed by atoms with Gasteiger partial charge in [-0.15, -0.1) is 0 Å². The fourth-order valence-electron chi connectivity index (χ4n) is 4.55. The Morgan fingerprint density at radius 1 is 1.03 bits per heavy atom. The van der Waals surface area contributed by atoms with Crippen LogP contribution in [0.5, 0.6) is 5.75 Å². The molecule has 0 amide bonds. The highest BCUT2D eigenvalue weighted by atomic mass is 16.5. The van der Waals surface area contributed by atoms with E-state index in [2.05, 4.69) is 47.9 Å². The first-order chi connectivity index (χ1) is 15.9. The molecule has 2 unspecified atom stereocenters. The number of rotatable bonds is 9. The van der Waals surface area contributed by atoms with Crippen molar-refractivity contribution in [3.8, 4) is 16.9 Å². The van der Waals surface area contributed by atoms with E-state index in [1.54, 1.807) is 0 Å². The normalized spacial score (nSPS) is 16.8. The van der Waals surface area contributed by atoms with Gasteiger partial charge >= 0.3 is 0 Å². The topological polar surface area (TPSA) is 73.8 Å². The van der Waals surface area contributed by atoms with Gasteiger partial charge in [0.1, 0.15) is 12.0 Å². The molecule has 33 heavy (non-hydrogen) atoms. The third kappa shape index (κ3) is 5.56. The van der Waals surface area contributed by atoms with Gasteiger partial charge in [-0.05, 0) is 62.1 Å². The lowest BCUT2D eigenvalue weighted by atomic mass is 9.93. The Morgan fingerprint density at radius 3 is 2.58 bits per heavy atom. The summed E-state index contributed by atoms with van der Waals surface area (Å²) in [4.78, 5) is 0. The minimum atomic E-state index is -0.967. The van der Waals surface area contributed by atoms with Crippen LogP contribution in [0.1, 0.15) is 49.1 Å². The molecule has 0 bridgehead atoms. The number of aliphatic hydroxyl groups excluding tert-OH is 2. The molecule has 4 rings (SSSR count). The molecule has 1 aliphatic heterocycles. The Kier molecular flexibility index (Phi) is 7.33. The summed E-state index contributed by atoms with van der Waals surface area (Å²) in [7, 11) is 0. The summed E-state index contributed by atoms with van der Waals surface area (Å²) in [5.74, 6) is 0.925. The van der Waals surface area contributed by atoms with Gasteiger partial charge in [-0.2, -0.15) is 0 Å². The fourth-order valence-corrected chi connectivity index (χ4v) is 4.55. The van der Waals surface area contributed by atoms with E-state index in [1.165, 1.54) is 11.1 Å². The maximum Gasteiger partial charge on any atom is 0.134 e. The number of para-hydroxylation sites is 1. The SMILES string of the molecule is Cc1cccc(-c2ccc(OC(C)C)c(C(O)N[C@@H](CO)CC3CNc4ccccc43)c2)c1. The summed E-state index contributed by atoms with van der Waals surface area (Å²) in [5.41, 5.74) is 6.37. The molecular weight excluding hydrogens is 412 g/mol. The number of aryl methyl sites for hydroxylation is 1. The number of hydrogen-bond donors (Lipinski definition) is 4. The summed E-state index contributed by atoms with van der Waals surface area (Å²) in [6.07, 6.45) is -0.268. The molecule has 1 heterocycles. The van der Waals surface area contributed by atoms with Crippen LogP contribution in [-0.2, 0) is 0 Å². The lowest BCUT2D eigenvalue weighted by Crippen LogP contribution is -2.37. The number of anilines is 1. The molecule has 0 saturated heterocycles. The molecule has 3 aromatic carbocycles. The van der Waals surface area contributed by atoms with Crippen molar-refractivity contribution in [2.24, 2.45) is 0 Å². The number of nitrogens with one attached hydrogen (secondary N) is 2. The largest absolute Gasteiger partial charge is 0.491 e. The molecule has 0 aromatic heterocycles. The number of aliphatic hydroxyl groups is 2. The zero-order valence-electron chi connectivity index (χ0n) is 19.6. The molecule has 5 heteroatoms. The van der Waals surface area contributed by atoms with Crippen LogP contribution < -0.4 is 15.4 Å². The van der Waals surface area contributed by atoms with Crippen LogP contribution in [0.25, 0.3) is 11.1 Å². The molecule has 0 aliphatic carbocycles. The predicted octanol–water partition coefficient (Wildman–Crippen LogP) is 4.99. The molecule has 5 nitrogen and oxygen atoms in total. The van der Waals surface area contributed by atoms with Crippen molar-refractivity contribution in [1.82, 2.24) is 5.32 Å². The average Bonchev–Trinajstić information content (AvgIpc) is 3.21. The van der Waals surface area contributed by atoms with E-state index < -0.39 is 6.23 Å². The molecule has 0 saturated carbocycles. The van der Waals surface area contributed by atoms with Crippen molar-refractivity contribution < 1.29 is 14.9 Å². The van der Waals surface area contributed by atoms with Crippen LogP contribution in [0.15, 0.2) is 66.7 Å². The highest BCUT2D eigenvalue weighted by Gasteiger charge is 2.26. The lowest BCUT2D eigenvalue weighted by Gasteiger charge is -2.26. The summed E-state index contributed by atoms with van der Waals surface area (Å²) in [6, 6.07) is 22.2. The molecular formula is C28H34N2O3. The second-order valence-electron chi connectivity index (χ2n) is 9.14. The predicted molar refractivity (Wildman–Crippen MR) is 134 cm³/mol. The Hall–Kier alpha value is -2.86. The van der Waals surface area contributed by atoms with Gasteiger partial charge in [-0.25, -0.2) is 0 Å². The van der Waals surface area contributed by atoms with Gasteiger partial charge in [0.25, 0.3) is 0 Å². The van der Waals surface area contributed by atoms with Crippen LogP contribution in [0, 0.1) is 6.92 Å². The van der Waals surface area contributed by atoms with Gasteiger partial charge < -0.3 is 20.3 Å². The van der Waals surface area contributed by atoms with Gasteiger partial charge in [-0.1, -0.05) is 54.1 Å². The average molecular weight is 447 g/mol. The summed E-state index contributed by atoms with van der Waals surface area (Å²) >= 11 is 0. The molecule has 1 aliphatic rings. The van der Waals surface area contributed by atoms with Gasteiger partial charge in [-0.3, -0.25) is 5.32 Å². The summed E-state index contributed by atoms with van der Waals surface area (Å²) in [5, 5.41) is 28.0. The molecule has 0 spiro atoms. The van der Waals surface area contributed by atoms with Crippen molar-refractivity contribution in [1.29, 1.82) is 0 Å². The lowest BCUT2D eigenvalue weighted by molar-refractivity contribution is 0.0952. The van der Waals surface area contributed by atoms with Crippen molar-refractivity contribution in [2.75, 3.05) is 18.5 Å². The number of benzene rings is 3. The van der Waals surface area contributed by atoms with Gasteiger partial charge in [0.15, 0.2) is 0 Å². The molecule has 0 radical (unpaired) electrons. The van der Waals surface area contributed by atoms with E-state index in [0.717, 1.165) is 29.8 Å². The van der Waals surface area contributed by atoms with Crippen LogP contribution >= 0.6 is 0 Å². The van der Waals surface area contributed by atoms with Crippen LogP contribution in [0.4, 0.5) is 5.69 Å². The van der Waals surface area contributed by atoms with Gasteiger partial charge in [0, 0.05) is 29.8 Å². The van der Waals surface area contributed by atoms with E-state index in [9.17, 15) is 10.2 Å². The zero-order valence-corrected chi connectivity index (χ0v) is 19.6. The maximum atomic E-state index is 11.2. The first kappa shape index (κ1) is 23.3. The highest BCUT2D eigenvalue weighted by Crippen LogP contribution is 2.35. The third-order valence-corrected chi connectivity index (χ3v) is 6.14. The number of ether oxygens (including phenoxy) is 1. The van der Waals surface area contributed by atoms with Gasteiger partial charge in [0.2, 0.25) is 0 Å². The molecule has 3 atom stereocenters. The monoisotopic (exact) mass is 446 g/mol. The van der Waals surface area contributed by atoms with Crippen molar-refractivity contribution in [3.63, 3.8) is 0 Å². The molecule has 3 aromatic rings. The Bertz CT molecular complexity index is 1080. The van der Waals surface area contributed by atoms with Gasteiger partial charge in [0.05, 0.1) is 12.7 Å². The highest BCUT2D eigenvalue weighted by molar-refractivity contribution is 5.66. The summed E-state index contributed by atoms with van der Waals surface area (Å²) < 4.78 is 6.00. The van der Waals surface area contributed by atoms with E-state index in [-0.39, 0.29) is 24.7 Å². The number of fused-ring (bicyclic) bond motifs is 1. The van der Waals surface area contributed by atoms with E-state index in [0.29, 0.717) is 11.3 Å². The standard InChI is InChI=1S/C28H34N2O3/c1-18(2)33-27-12-11-21(20-8-6-7-19(3)13-20)15-25(27)28(32)30-23(17-31)14-22-16-29-26-10-5-4-9-24(22)26/h4-13,15,18,22-23,28-32H,14,16-17H2,1-3H3/t22?,23-,28?/m1/s1. The molecule has 174 valence electrons. The van der Waals surface area contributed by atoms with E-state index in [1.807, 2.05) is 50.2 Å². The maximum absolute atomic E-state index is 11.2. The third-order valence-electron chi connectivity index (χ3n) is 6.14. The summed E-state index contributed by atoms with van der Waals surface area (Å²) in [6.45, 7) is 6.78. The minimum Gasteiger partial charge on any atom is -0.491 e. The first-order valence-electron chi connectivity index (χ1n) is 11.7. The van der Waals surface area contributed by atoms with Crippen molar-refractivity contribution in [2.45, 2.75) is 51.5 Å². The quantitative estimate of drug-likeness (QED) is 0.349. The van der Waals surface area contributed by atoms with Crippen LogP contribution in [-0.4, -0.2) is 35.5 Å². The Morgan fingerprint density at radius 2 is 1.82 bits per heavy atom. The number of hydrogen-bond acceptors (Lipinski definition) is 5. The Balaban J connectivity index is 1.56. The fraction of sp³-hybridized carbons (Fsp3) is 0.357. The minimum absolute atomic E-state index is 0.0181. The van der Waals surface area contributed by atoms with Crippen molar-refractivity contribution in [3.05, 3.63) is 83.4 Å². The molecule has 4 N–H and O–H groups in total. The smallest absolute Gasteiger partial charge is 0.134 e. The van der Waals surface area contributed by atoms with E-state index >= 15 is 0 Å². The second kappa shape index (κ2) is 10.4. The second-order valence-corrected chi connectivity index (χ2v) is 9.14. The van der Waals surface area contributed by atoms with Crippen LogP contribution in [0.3, 0.4) is 0 Å². The van der Waals surface area contributed by atoms with Crippen molar-refractivity contribution >= 4 is 5.69 Å². The first-order valence-corrected chi connectivity index (χ1v) is 11.7. The molecule has 0 fully saturated rings. The van der Waals surface area contributed by atoms with Crippen LogP contribution in [0.2, 0.25) is 0 Å². The Labute approximate surface area is 196 Å². The zero-order chi connectivity index (χ0) is 23.4.